The number of hydrogen-bond acceptors (Lipinski definition) is 2. The number of aliphatic imine (C=N–C) groups is 1. The number of hydrogen-bond donors (Lipinski definition) is 1. The summed E-state index contributed by atoms with van der Waals surface area (Å²) in [4.78, 5) is 4.21. The van der Waals surface area contributed by atoms with Crippen molar-refractivity contribution in [2.45, 2.75) is 19.4 Å². The third-order valence-electron chi connectivity index (χ3n) is 2.10. The summed E-state index contributed by atoms with van der Waals surface area (Å²) in [6.07, 6.45) is 2.41. The van der Waals surface area contributed by atoms with E-state index in [1.54, 1.807) is 24.4 Å². The molecule has 0 aromatic heterocycles. The monoisotopic (exact) mass is 245 g/mol. The van der Waals surface area contributed by atoms with Crippen LogP contribution in [0, 0.1) is 0 Å². The third-order valence-corrected chi connectivity index (χ3v) is 2.76. The van der Waals surface area contributed by atoms with Crippen molar-refractivity contribution in [3.05, 3.63) is 33.8 Å². The van der Waals surface area contributed by atoms with Crippen LogP contribution in [0.3, 0.4) is 0 Å². The molecular weight excluding hydrogens is 233 g/mol. The van der Waals surface area contributed by atoms with Gasteiger partial charge in [0.25, 0.3) is 0 Å². The van der Waals surface area contributed by atoms with Crippen molar-refractivity contribution in [3.8, 4) is 0 Å². The van der Waals surface area contributed by atoms with Crippen LogP contribution in [0.5, 0.6) is 0 Å². The summed E-state index contributed by atoms with van der Waals surface area (Å²) in [6.45, 7) is 2.00. The zero-order chi connectivity index (χ0) is 11.3. The van der Waals surface area contributed by atoms with E-state index in [1.807, 2.05) is 6.92 Å². The molecule has 0 radical (unpaired) electrons. The number of rotatable bonds is 4. The first-order valence-electron chi connectivity index (χ1n) is 4.77. The average Bonchev–Trinajstić information content (AvgIpc) is 2.23. The number of nitrogens with zero attached hydrogens (tertiary/aromatic N) is 1. The summed E-state index contributed by atoms with van der Waals surface area (Å²) in [6, 6.07) is 5.21. The lowest BCUT2D eigenvalue weighted by molar-refractivity contribution is 0.264. The van der Waals surface area contributed by atoms with Crippen LogP contribution in [0.15, 0.2) is 23.2 Å². The largest absolute Gasteiger partial charge is 0.394 e. The van der Waals surface area contributed by atoms with E-state index in [-0.39, 0.29) is 12.6 Å². The molecule has 0 heterocycles. The van der Waals surface area contributed by atoms with Crippen LogP contribution in [-0.2, 0) is 0 Å². The maximum Gasteiger partial charge on any atom is 0.0727 e. The summed E-state index contributed by atoms with van der Waals surface area (Å²) in [7, 11) is 0. The molecule has 0 amide bonds. The highest BCUT2D eigenvalue weighted by Gasteiger charge is 2.04. The van der Waals surface area contributed by atoms with Crippen LogP contribution >= 0.6 is 23.2 Å². The van der Waals surface area contributed by atoms with Gasteiger partial charge in [-0.1, -0.05) is 36.2 Å². The molecule has 0 bridgehead atoms. The lowest BCUT2D eigenvalue weighted by Crippen LogP contribution is -2.08. The highest BCUT2D eigenvalue weighted by molar-refractivity contribution is 6.38. The second kappa shape index (κ2) is 6.11. The van der Waals surface area contributed by atoms with Crippen molar-refractivity contribution in [1.82, 2.24) is 0 Å². The molecule has 1 aromatic carbocycles. The highest BCUT2D eigenvalue weighted by atomic mass is 35.5. The highest BCUT2D eigenvalue weighted by Crippen LogP contribution is 2.22. The van der Waals surface area contributed by atoms with E-state index >= 15 is 0 Å². The first-order chi connectivity index (χ1) is 7.19. The van der Waals surface area contributed by atoms with Crippen molar-refractivity contribution in [1.29, 1.82) is 0 Å². The Morgan fingerprint density at radius 1 is 1.40 bits per heavy atom. The molecule has 0 spiro atoms. The van der Waals surface area contributed by atoms with Gasteiger partial charge in [0.05, 0.1) is 22.7 Å². The van der Waals surface area contributed by atoms with Crippen LogP contribution in [0.4, 0.5) is 0 Å². The molecule has 0 aliphatic rings. The topological polar surface area (TPSA) is 32.6 Å². The maximum atomic E-state index is 8.96. The molecule has 2 nitrogen and oxygen atoms in total. The van der Waals surface area contributed by atoms with Gasteiger partial charge in [-0.25, -0.2) is 0 Å². The number of benzene rings is 1. The van der Waals surface area contributed by atoms with Crippen LogP contribution in [0.25, 0.3) is 0 Å². The predicted octanol–water partition coefficient (Wildman–Crippen LogP) is 3.18. The molecule has 0 unspecified atom stereocenters. The second-order valence-electron chi connectivity index (χ2n) is 3.16. The zero-order valence-corrected chi connectivity index (χ0v) is 9.96. The fourth-order valence-corrected chi connectivity index (χ4v) is 1.59. The van der Waals surface area contributed by atoms with Gasteiger partial charge in [0.1, 0.15) is 0 Å². The van der Waals surface area contributed by atoms with E-state index in [0.29, 0.717) is 15.6 Å². The van der Waals surface area contributed by atoms with Gasteiger partial charge < -0.3 is 5.11 Å². The van der Waals surface area contributed by atoms with E-state index < -0.39 is 0 Å². The SMILES string of the molecule is CC[C@H](CO)N=Cc1c(Cl)cccc1Cl. The van der Waals surface area contributed by atoms with Crippen LogP contribution in [0.2, 0.25) is 10.0 Å². The summed E-state index contributed by atoms with van der Waals surface area (Å²) < 4.78 is 0. The van der Waals surface area contributed by atoms with E-state index in [1.165, 1.54) is 0 Å². The number of halogens is 2. The molecule has 1 atom stereocenters. The molecule has 4 heteroatoms. The van der Waals surface area contributed by atoms with Crippen molar-refractivity contribution in [2.24, 2.45) is 4.99 Å². The van der Waals surface area contributed by atoms with E-state index in [4.69, 9.17) is 28.3 Å². The van der Waals surface area contributed by atoms with Gasteiger partial charge in [-0.2, -0.15) is 0 Å². The summed E-state index contributed by atoms with van der Waals surface area (Å²) in [5.41, 5.74) is 0.702. The zero-order valence-electron chi connectivity index (χ0n) is 8.45. The molecule has 0 saturated carbocycles. The van der Waals surface area contributed by atoms with Gasteiger partial charge in [-0.05, 0) is 18.6 Å². The van der Waals surface area contributed by atoms with Gasteiger partial charge in [-0.3, -0.25) is 4.99 Å². The minimum Gasteiger partial charge on any atom is -0.394 e. The van der Waals surface area contributed by atoms with E-state index in [2.05, 4.69) is 4.99 Å². The van der Waals surface area contributed by atoms with Gasteiger partial charge >= 0.3 is 0 Å². The van der Waals surface area contributed by atoms with E-state index in [0.717, 1.165) is 6.42 Å². The normalized spacial score (nSPS) is 13.3. The molecule has 0 saturated heterocycles. The van der Waals surface area contributed by atoms with E-state index in [9.17, 15) is 0 Å². The fourth-order valence-electron chi connectivity index (χ4n) is 1.10. The van der Waals surface area contributed by atoms with Crippen molar-refractivity contribution < 1.29 is 5.11 Å². The molecule has 1 aromatic rings. The standard InChI is InChI=1S/C11H13Cl2NO/c1-2-8(7-15)14-6-9-10(12)4-3-5-11(9)13/h3-6,8,15H,2,7H2,1H3/t8-/m1/s1. The van der Waals surface area contributed by atoms with Gasteiger partial charge in [-0.15, -0.1) is 0 Å². The van der Waals surface area contributed by atoms with Crippen LogP contribution in [-0.4, -0.2) is 24.0 Å². The smallest absolute Gasteiger partial charge is 0.0727 e. The minimum atomic E-state index is -0.0858. The summed E-state index contributed by atoms with van der Waals surface area (Å²) >= 11 is 11.9. The Morgan fingerprint density at radius 3 is 2.47 bits per heavy atom. The second-order valence-corrected chi connectivity index (χ2v) is 3.97. The maximum absolute atomic E-state index is 8.96. The lowest BCUT2D eigenvalue weighted by atomic mass is 10.2. The van der Waals surface area contributed by atoms with Crippen molar-refractivity contribution >= 4 is 29.4 Å². The Morgan fingerprint density at radius 2 is 2.00 bits per heavy atom. The molecule has 82 valence electrons. The predicted molar refractivity (Wildman–Crippen MR) is 65.2 cm³/mol. The summed E-state index contributed by atoms with van der Waals surface area (Å²) in [5, 5.41) is 10.1. The Hall–Kier alpha value is -0.570. The third kappa shape index (κ3) is 3.49. The van der Waals surface area contributed by atoms with Gasteiger partial charge in [0.2, 0.25) is 0 Å². The minimum absolute atomic E-state index is 0.0368. The van der Waals surface area contributed by atoms with Crippen LogP contribution < -0.4 is 0 Å². The molecule has 15 heavy (non-hydrogen) atoms. The summed E-state index contributed by atoms with van der Waals surface area (Å²) in [5.74, 6) is 0. The molecule has 1 rings (SSSR count). The Bertz CT molecular complexity index is 328. The molecule has 0 aliphatic heterocycles. The van der Waals surface area contributed by atoms with Gasteiger partial charge in [0.15, 0.2) is 0 Å². The van der Waals surface area contributed by atoms with Crippen molar-refractivity contribution in [2.75, 3.05) is 6.61 Å². The van der Waals surface area contributed by atoms with Gasteiger partial charge in [0, 0.05) is 11.8 Å². The molecule has 0 aliphatic carbocycles. The Labute approximate surface area is 99.6 Å². The average molecular weight is 246 g/mol. The lowest BCUT2D eigenvalue weighted by Gasteiger charge is -2.05. The Balaban J connectivity index is 2.88. The Kier molecular flexibility index (Phi) is 5.09. The molecule has 1 N–H and O–H groups in total. The fraction of sp³-hybridized carbons (Fsp3) is 0.364. The van der Waals surface area contributed by atoms with Crippen molar-refractivity contribution in [3.63, 3.8) is 0 Å². The van der Waals surface area contributed by atoms with Crippen LogP contribution in [0.1, 0.15) is 18.9 Å². The first kappa shape index (κ1) is 12.5. The molecular formula is C11H13Cl2NO. The first-order valence-corrected chi connectivity index (χ1v) is 5.52. The molecule has 0 fully saturated rings. The number of aliphatic hydroxyl groups excluding tert-OH is 1. The quantitative estimate of drug-likeness (QED) is 0.813. The number of aliphatic hydroxyl groups is 1.